The monoisotopic (exact) mass is 385 g/mol. The predicted octanol–water partition coefficient (Wildman–Crippen LogP) is 4.47. The lowest BCUT2D eigenvalue weighted by molar-refractivity contribution is 0.145. The van der Waals surface area contributed by atoms with Crippen molar-refractivity contribution in [3.63, 3.8) is 0 Å². The van der Waals surface area contributed by atoms with E-state index in [9.17, 15) is 4.79 Å². The van der Waals surface area contributed by atoms with E-state index in [1.165, 1.54) is 27.0 Å². The molecule has 0 radical (unpaired) electrons. The summed E-state index contributed by atoms with van der Waals surface area (Å²) in [6.07, 6.45) is 0. The smallest absolute Gasteiger partial charge is 0.317 e. The summed E-state index contributed by atoms with van der Waals surface area (Å²) in [4.78, 5) is 15.8. The molecule has 0 unspecified atom stereocenters. The van der Waals surface area contributed by atoms with Crippen LogP contribution in [-0.4, -0.2) is 41.8 Å². The molecule has 0 aliphatic heterocycles. The molecule has 0 saturated carbocycles. The molecule has 0 aliphatic carbocycles. The molecule has 144 valence electrons. The molecule has 2 heterocycles. The first-order chi connectivity index (χ1) is 13.0. The van der Waals surface area contributed by atoms with E-state index in [0.717, 1.165) is 0 Å². The highest BCUT2D eigenvalue weighted by molar-refractivity contribution is 7.13. The number of aromatic nitrogens is 1. The molecule has 0 bridgehead atoms. The average Bonchev–Trinajstić information content (AvgIpc) is 3.25. The summed E-state index contributed by atoms with van der Waals surface area (Å²) in [6.45, 7) is 5.53. The normalized spacial score (nSPS) is 11.3. The van der Waals surface area contributed by atoms with Gasteiger partial charge in [-0.15, -0.1) is 11.3 Å². The van der Waals surface area contributed by atoms with Crippen LogP contribution in [0.15, 0.2) is 41.8 Å². The third-order valence-corrected chi connectivity index (χ3v) is 5.46. The van der Waals surface area contributed by atoms with Crippen molar-refractivity contribution in [3.8, 4) is 10.6 Å². The van der Waals surface area contributed by atoms with Crippen LogP contribution in [0, 0.1) is 0 Å². The maximum Gasteiger partial charge on any atom is 0.317 e. The third-order valence-electron chi connectivity index (χ3n) is 4.58. The van der Waals surface area contributed by atoms with Crippen LogP contribution in [0.2, 0.25) is 0 Å². The Balaban J connectivity index is 2.05. The lowest BCUT2D eigenvalue weighted by Gasteiger charge is -2.24. The second-order valence-electron chi connectivity index (χ2n) is 6.90. The fraction of sp³-hybridized carbons (Fsp3) is 0.381. The molecular weight excluding hydrogens is 358 g/mol. The molecule has 2 aromatic heterocycles. The van der Waals surface area contributed by atoms with Gasteiger partial charge in [0.1, 0.15) is 0 Å². The second kappa shape index (κ2) is 8.59. The fourth-order valence-corrected chi connectivity index (χ4v) is 4.17. The van der Waals surface area contributed by atoms with Crippen LogP contribution < -0.4 is 5.32 Å². The van der Waals surface area contributed by atoms with Crippen LogP contribution in [0.3, 0.4) is 0 Å². The van der Waals surface area contributed by atoms with Gasteiger partial charge in [-0.05, 0) is 31.4 Å². The lowest BCUT2D eigenvalue weighted by Crippen LogP contribution is -2.44. The molecule has 0 fully saturated rings. The highest BCUT2D eigenvalue weighted by atomic mass is 32.1. The Kier molecular flexibility index (Phi) is 6.19. The minimum absolute atomic E-state index is 0.0629. The van der Waals surface area contributed by atoms with Crippen LogP contribution in [0.4, 0.5) is 4.79 Å². The van der Waals surface area contributed by atoms with Gasteiger partial charge < -0.3 is 19.5 Å². The molecule has 27 heavy (non-hydrogen) atoms. The molecule has 0 spiro atoms. The Morgan fingerprint density at radius 1 is 1.26 bits per heavy atom. The van der Waals surface area contributed by atoms with Crippen LogP contribution in [0.1, 0.15) is 19.4 Å². The molecule has 1 aromatic carbocycles. The van der Waals surface area contributed by atoms with Crippen molar-refractivity contribution >= 4 is 28.3 Å². The van der Waals surface area contributed by atoms with Gasteiger partial charge in [0, 0.05) is 43.2 Å². The Bertz CT molecular complexity index is 900. The largest absolute Gasteiger partial charge is 0.383 e. The summed E-state index contributed by atoms with van der Waals surface area (Å²) in [7, 11) is 3.75. The quantitative estimate of drug-likeness (QED) is 0.652. The summed E-state index contributed by atoms with van der Waals surface area (Å²) in [6, 6.07) is 12.6. The van der Waals surface area contributed by atoms with Gasteiger partial charge in [-0.1, -0.05) is 24.3 Å². The Morgan fingerprint density at radius 2 is 2.04 bits per heavy atom. The van der Waals surface area contributed by atoms with Crippen LogP contribution in [-0.2, 0) is 18.3 Å². The molecular formula is C21H27N3O2S. The number of carbonyl (C=O) groups excluding carboxylic acids is 1. The number of rotatable bonds is 7. The number of aryl methyl sites for hydroxylation is 1. The lowest BCUT2D eigenvalue weighted by atomic mass is 10.1. The number of hydrogen-bond acceptors (Lipinski definition) is 3. The summed E-state index contributed by atoms with van der Waals surface area (Å²) in [5.74, 6) is 0. The Labute approximate surface area is 164 Å². The number of urea groups is 1. The zero-order chi connectivity index (χ0) is 19.4. The number of amides is 2. The number of hydrogen-bond donors (Lipinski definition) is 1. The van der Waals surface area contributed by atoms with E-state index in [1.807, 2.05) is 18.7 Å². The highest BCUT2D eigenvalue weighted by Gasteiger charge is 2.22. The number of methoxy groups -OCH3 is 1. The first-order valence-corrected chi connectivity index (χ1v) is 10.1. The topological polar surface area (TPSA) is 46.5 Å². The van der Waals surface area contributed by atoms with Gasteiger partial charge in [0.2, 0.25) is 0 Å². The van der Waals surface area contributed by atoms with Gasteiger partial charge in [-0.2, -0.15) is 0 Å². The van der Waals surface area contributed by atoms with Crippen molar-refractivity contribution in [2.24, 2.45) is 7.05 Å². The zero-order valence-corrected chi connectivity index (χ0v) is 17.2. The van der Waals surface area contributed by atoms with Crippen molar-refractivity contribution in [1.29, 1.82) is 0 Å². The van der Waals surface area contributed by atoms with Gasteiger partial charge in [0.25, 0.3) is 0 Å². The zero-order valence-electron chi connectivity index (χ0n) is 16.4. The Morgan fingerprint density at radius 3 is 2.70 bits per heavy atom. The number of thiophene rings is 1. The van der Waals surface area contributed by atoms with Crippen molar-refractivity contribution in [3.05, 3.63) is 47.3 Å². The van der Waals surface area contributed by atoms with E-state index in [1.54, 1.807) is 18.4 Å². The first-order valence-electron chi connectivity index (χ1n) is 9.17. The fourth-order valence-electron chi connectivity index (χ4n) is 3.34. The van der Waals surface area contributed by atoms with E-state index < -0.39 is 0 Å². The molecule has 1 N–H and O–H groups in total. The SMILES string of the molecule is COCCN(Cc1c(-c2cccs2)n(C)c2ccccc12)C(=O)NC(C)C. The minimum Gasteiger partial charge on any atom is -0.383 e. The van der Waals surface area contributed by atoms with E-state index in [-0.39, 0.29) is 12.1 Å². The van der Waals surface area contributed by atoms with Crippen molar-refractivity contribution < 1.29 is 9.53 Å². The number of fused-ring (bicyclic) bond motifs is 1. The second-order valence-corrected chi connectivity index (χ2v) is 7.85. The number of ether oxygens (including phenoxy) is 1. The standard InChI is InChI=1S/C21H27N3O2S/c1-15(2)22-21(25)24(11-12-26-4)14-17-16-8-5-6-9-18(16)23(3)20(17)19-10-7-13-27-19/h5-10,13,15H,11-12,14H2,1-4H3,(H,22,25). The number of nitrogens with one attached hydrogen (secondary N) is 1. The molecule has 0 saturated heterocycles. The number of benzene rings is 1. The third kappa shape index (κ3) is 4.17. The minimum atomic E-state index is -0.0629. The van der Waals surface area contributed by atoms with E-state index >= 15 is 0 Å². The van der Waals surface area contributed by atoms with Crippen LogP contribution in [0.5, 0.6) is 0 Å². The number of para-hydroxylation sites is 1. The molecule has 0 atom stereocenters. The maximum atomic E-state index is 12.8. The summed E-state index contributed by atoms with van der Waals surface area (Å²) < 4.78 is 7.46. The molecule has 3 aromatic rings. The molecule has 0 aliphatic rings. The van der Waals surface area contributed by atoms with E-state index in [2.05, 4.69) is 58.7 Å². The number of carbonyl (C=O) groups is 1. The van der Waals surface area contributed by atoms with E-state index in [0.29, 0.717) is 19.7 Å². The van der Waals surface area contributed by atoms with Gasteiger partial charge in [-0.25, -0.2) is 4.79 Å². The van der Waals surface area contributed by atoms with E-state index in [4.69, 9.17) is 4.74 Å². The summed E-state index contributed by atoms with van der Waals surface area (Å²) in [5, 5.41) is 6.28. The van der Waals surface area contributed by atoms with Crippen molar-refractivity contribution in [2.45, 2.75) is 26.4 Å². The van der Waals surface area contributed by atoms with Crippen LogP contribution in [0.25, 0.3) is 21.5 Å². The van der Waals surface area contributed by atoms with Gasteiger partial charge in [-0.3, -0.25) is 0 Å². The average molecular weight is 386 g/mol. The van der Waals surface area contributed by atoms with Gasteiger partial charge in [0.05, 0.1) is 23.7 Å². The van der Waals surface area contributed by atoms with Crippen molar-refractivity contribution in [2.75, 3.05) is 20.3 Å². The predicted molar refractivity (Wildman–Crippen MR) is 112 cm³/mol. The molecule has 2 amide bonds. The highest BCUT2D eigenvalue weighted by Crippen LogP contribution is 2.36. The molecule has 6 heteroatoms. The first kappa shape index (κ1) is 19.5. The van der Waals surface area contributed by atoms with Crippen LogP contribution >= 0.6 is 11.3 Å². The summed E-state index contributed by atoms with van der Waals surface area (Å²) >= 11 is 1.72. The molecule has 3 rings (SSSR count). The molecule has 5 nitrogen and oxygen atoms in total. The number of nitrogens with zero attached hydrogens (tertiary/aromatic N) is 2. The Hall–Kier alpha value is -2.31. The van der Waals surface area contributed by atoms with Crippen molar-refractivity contribution in [1.82, 2.24) is 14.8 Å². The van der Waals surface area contributed by atoms with Gasteiger partial charge >= 0.3 is 6.03 Å². The maximum absolute atomic E-state index is 12.8. The summed E-state index contributed by atoms with van der Waals surface area (Å²) in [5.41, 5.74) is 3.52. The van der Waals surface area contributed by atoms with Gasteiger partial charge in [0.15, 0.2) is 0 Å².